The molecule has 1 atom stereocenters. The predicted octanol–water partition coefficient (Wildman–Crippen LogP) is 4.50. The van der Waals surface area contributed by atoms with Crippen LogP contribution in [0.2, 0.25) is 5.02 Å². The molecule has 14 heteroatoms. The number of carbonyl (C=O) groups is 2. The van der Waals surface area contributed by atoms with Gasteiger partial charge in [-0.2, -0.15) is 9.78 Å². The van der Waals surface area contributed by atoms with E-state index in [1.54, 1.807) is 24.3 Å². The molecular weight excluding hydrogens is 591 g/mol. The lowest BCUT2D eigenvalue weighted by Gasteiger charge is -2.18. The first-order chi connectivity index (χ1) is 21.3. The maximum Gasteiger partial charge on any atom is 0.411 e. The van der Waals surface area contributed by atoms with Crippen molar-refractivity contribution >= 4 is 35.4 Å². The van der Waals surface area contributed by atoms with Gasteiger partial charge in [-0.05, 0) is 70.4 Å². The quantitative estimate of drug-likeness (QED) is 0.205. The average molecular weight is 615 g/mol. The highest BCUT2D eigenvalue weighted by molar-refractivity contribution is 6.30. The van der Waals surface area contributed by atoms with Crippen LogP contribution in [0.15, 0.2) is 90.0 Å². The molecule has 44 heavy (non-hydrogen) atoms. The Morgan fingerprint density at radius 3 is 2.66 bits per heavy atom. The molecule has 2 aromatic heterocycles. The molecule has 0 spiro atoms. The van der Waals surface area contributed by atoms with Gasteiger partial charge in [0, 0.05) is 16.7 Å². The molecule has 0 bridgehead atoms. The molecule has 0 aliphatic heterocycles. The molecule has 12 nitrogen and oxygen atoms in total. The number of hydrogen-bond donors (Lipinski definition) is 3. The fourth-order valence-electron chi connectivity index (χ4n) is 4.36. The lowest BCUT2D eigenvalue weighted by atomic mass is 10.00. The number of carbonyl (C=O) groups excluding carboxylic acids is 2. The Kier molecular flexibility index (Phi) is 9.16. The van der Waals surface area contributed by atoms with E-state index in [0.29, 0.717) is 28.4 Å². The van der Waals surface area contributed by atoms with Crippen molar-refractivity contribution in [2.75, 3.05) is 12.4 Å². The zero-order valence-electron chi connectivity index (χ0n) is 23.1. The van der Waals surface area contributed by atoms with Crippen molar-refractivity contribution < 1.29 is 18.7 Å². The summed E-state index contributed by atoms with van der Waals surface area (Å²) >= 11 is 6.19. The van der Waals surface area contributed by atoms with Gasteiger partial charge in [-0.15, -0.1) is 5.10 Å². The van der Waals surface area contributed by atoms with Crippen LogP contribution >= 0.6 is 11.6 Å². The van der Waals surface area contributed by atoms with Gasteiger partial charge in [0.2, 0.25) is 5.91 Å². The van der Waals surface area contributed by atoms with Gasteiger partial charge in [-0.3, -0.25) is 14.9 Å². The van der Waals surface area contributed by atoms with Gasteiger partial charge in [0.05, 0.1) is 35.8 Å². The molecule has 2 amide bonds. The molecule has 0 radical (unpaired) electrons. The lowest BCUT2D eigenvalue weighted by molar-refractivity contribution is -0.117. The Morgan fingerprint density at radius 1 is 1.11 bits per heavy atom. The molecule has 3 N–H and O–H groups in total. The van der Waals surface area contributed by atoms with Crippen molar-refractivity contribution in [3.63, 3.8) is 0 Å². The first-order valence-corrected chi connectivity index (χ1v) is 13.5. The maximum atomic E-state index is 14.8. The van der Waals surface area contributed by atoms with Gasteiger partial charge >= 0.3 is 6.09 Å². The number of anilines is 1. The summed E-state index contributed by atoms with van der Waals surface area (Å²) in [6.45, 7) is 0. The van der Waals surface area contributed by atoms with Gasteiger partial charge < -0.3 is 10.1 Å². The van der Waals surface area contributed by atoms with Crippen molar-refractivity contribution in [2.45, 2.75) is 12.5 Å². The number of halogens is 2. The van der Waals surface area contributed by atoms with Crippen LogP contribution in [-0.2, 0) is 16.0 Å². The number of amides is 2. The number of ether oxygens (including phenoxy) is 1. The molecule has 0 aliphatic carbocycles. The van der Waals surface area contributed by atoms with Crippen LogP contribution in [0.25, 0.3) is 22.9 Å². The Balaban J connectivity index is 1.44. The van der Waals surface area contributed by atoms with Crippen LogP contribution in [0.3, 0.4) is 0 Å². The average Bonchev–Trinajstić information content (AvgIpc) is 3.56. The topological polar surface area (TPSA) is 157 Å². The Labute approximate surface area is 254 Å². The summed E-state index contributed by atoms with van der Waals surface area (Å²) in [5.41, 5.74) is 2.11. The summed E-state index contributed by atoms with van der Waals surface area (Å²) < 4.78 is 20.7. The maximum absolute atomic E-state index is 14.8. The molecule has 3 aromatic carbocycles. The largest absolute Gasteiger partial charge is 0.453 e. The van der Waals surface area contributed by atoms with E-state index in [0.717, 1.165) is 18.7 Å². The van der Waals surface area contributed by atoms with E-state index in [-0.39, 0.29) is 16.8 Å². The molecule has 1 unspecified atom stereocenters. The number of benzene rings is 3. The lowest BCUT2D eigenvalue weighted by Crippen LogP contribution is -2.30. The third-order valence-electron chi connectivity index (χ3n) is 6.48. The summed E-state index contributed by atoms with van der Waals surface area (Å²) in [6, 6.07) is 19.2. The number of nitrogens with one attached hydrogen (secondary N) is 3. The summed E-state index contributed by atoms with van der Waals surface area (Å²) in [6.07, 6.45) is 3.84. The number of methoxy groups -OCH3 is 1. The summed E-state index contributed by atoms with van der Waals surface area (Å²) in [5.74, 6) is -1.22. The number of aromatic amines is 1. The van der Waals surface area contributed by atoms with E-state index < -0.39 is 29.4 Å². The van der Waals surface area contributed by atoms with Gasteiger partial charge in [0.25, 0.3) is 5.56 Å². The number of aromatic nitrogens is 6. The van der Waals surface area contributed by atoms with E-state index in [4.69, 9.17) is 11.6 Å². The smallest absolute Gasteiger partial charge is 0.411 e. The van der Waals surface area contributed by atoms with Crippen molar-refractivity contribution in [3.05, 3.63) is 123 Å². The van der Waals surface area contributed by atoms with Crippen molar-refractivity contribution in [3.8, 4) is 16.8 Å². The minimum absolute atomic E-state index is 0.116. The molecule has 0 saturated carbocycles. The van der Waals surface area contributed by atoms with Gasteiger partial charge in [0.15, 0.2) is 0 Å². The van der Waals surface area contributed by atoms with Gasteiger partial charge in [-0.25, -0.2) is 14.3 Å². The van der Waals surface area contributed by atoms with E-state index in [2.05, 4.69) is 41.1 Å². The summed E-state index contributed by atoms with van der Waals surface area (Å²) in [7, 11) is 1.16. The second-order valence-corrected chi connectivity index (χ2v) is 9.83. The summed E-state index contributed by atoms with van der Waals surface area (Å²) in [5, 5.41) is 23.5. The molecule has 5 aromatic rings. The fourth-order valence-corrected chi connectivity index (χ4v) is 4.54. The molecule has 2 heterocycles. The van der Waals surface area contributed by atoms with Crippen LogP contribution < -0.4 is 16.2 Å². The minimum Gasteiger partial charge on any atom is -0.453 e. The Bertz CT molecular complexity index is 1880. The number of rotatable bonds is 9. The highest BCUT2D eigenvalue weighted by Crippen LogP contribution is 2.25. The predicted molar refractivity (Wildman–Crippen MR) is 161 cm³/mol. The van der Waals surface area contributed by atoms with E-state index >= 15 is 0 Å². The standard InChI is InChI=1S/C30H24ClFN8O4/c1-44-30(43)35-24-10-7-19(15-23(24)32)22-16-26(36-37-29(22)42)25(13-18-5-3-2-4-6-18)34-28(41)12-8-20-14-21(31)9-11-27(20)40-17-33-38-39-40/h2-12,14-17,25H,13H2,1H3,(H,34,41)(H,35,43)(H,37,42). The second kappa shape index (κ2) is 13.5. The first kappa shape index (κ1) is 29.8. The van der Waals surface area contributed by atoms with Gasteiger partial charge in [-0.1, -0.05) is 48.0 Å². The fraction of sp³-hybridized carbons (Fsp3) is 0.100. The van der Waals surface area contributed by atoms with Crippen LogP contribution in [0.5, 0.6) is 0 Å². The Morgan fingerprint density at radius 2 is 1.93 bits per heavy atom. The molecule has 5 rings (SSSR count). The van der Waals surface area contributed by atoms with Crippen molar-refractivity contribution in [1.82, 2.24) is 35.7 Å². The molecular formula is C30H24ClFN8O4. The third-order valence-corrected chi connectivity index (χ3v) is 6.72. The molecule has 0 saturated heterocycles. The monoisotopic (exact) mass is 614 g/mol. The SMILES string of the molecule is COC(=O)Nc1ccc(-c2cc(C(Cc3ccccc3)NC(=O)C=Cc3cc(Cl)ccc3-n3cnnn3)n[nH]c2=O)cc1F. The molecule has 222 valence electrons. The summed E-state index contributed by atoms with van der Waals surface area (Å²) in [4.78, 5) is 37.5. The highest BCUT2D eigenvalue weighted by Gasteiger charge is 2.19. The molecule has 0 fully saturated rings. The van der Waals surface area contributed by atoms with E-state index in [1.165, 1.54) is 35.3 Å². The molecule has 0 aliphatic rings. The van der Waals surface area contributed by atoms with Crippen LogP contribution in [0, 0.1) is 5.82 Å². The second-order valence-electron chi connectivity index (χ2n) is 9.39. The van der Waals surface area contributed by atoms with Crippen molar-refractivity contribution in [1.29, 1.82) is 0 Å². The number of nitrogens with zero attached hydrogens (tertiary/aromatic N) is 5. The third kappa shape index (κ3) is 7.20. The zero-order valence-corrected chi connectivity index (χ0v) is 23.8. The van der Waals surface area contributed by atoms with Crippen molar-refractivity contribution in [2.24, 2.45) is 0 Å². The Hall–Kier alpha value is -5.69. The minimum atomic E-state index is -0.837. The van der Waals surface area contributed by atoms with Crippen LogP contribution in [-0.4, -0.2) is 49.5 Å². The van der Waals surface area contributed by atoms with Crippen LogP contribution in [0.1, 0.15) is 22.9 Å². The number of H-pyrrole nitrogens is 1. The van der Waals surface area contributed by atoms with E-state index in [9.17, 15) is 18.8 Å². The number of tetrazole rings is 1. The number of hydrogen-bond acceptors (Lipinski definition) is 8. The first-order valence-electron chi connectivity index (χ1n) is 13.1. The normalized spacial score (nSPS) is 11.7. The van der Waals surface area contributed by atoms with E-state index in [1.807, 2.05) is 30.3 Å². The van der Waals surface area contributed by atoms with Gasteiger partial charge in [0.1, 0.15) is 12.1 Å². The zero-order chi connectivity index (χ0) is 31.1. The highest BCUT2D eigenvalue weighted by atomic mass is 35.5. The van der Waals surface area contributed by atoms with Crippen LogP contribution in [0.4, 0.5) is 14.9 Å².